The normalized spacial score (nSPS) is 18.4. The van der Waals surface area contributed by atoms with Crippen LogP contribution in [0.1, 0.15) is 20.8 Å². The van der Waals surface area contributed by atoms with Crippen LogP contribution in [0.2, 0.25) is 0 Å². The van der Waals surface area contributed by atoms with Crippen LogP contribution < -0.4 is 9.46 Å². The predicted molar refractivity (Wildman–Crippen MR) is 89.1 cm³/mol. The van der Waals surface area contributed by atoms with Gasteiger partial charge in [-0.3, -0.25) is 4.79 Å². The number of ketones is 1. The van der Waals surface area contributed by atoms with Gasteiger partial charge in [0.25, 0.3) is 0 Å². The van der Waals surface area contributed by atoms with E-state index in [9.17, 15) is 22.0 Å². The molecule has 0 aliphatic heterocycles. The van der Waals surface area contributed by atoms with Crippen LogP contribution in [-0.4, -0.2) is 26.0 Å². The average Bonchev–Trinajstić information content (AvgIpc) is 2.56. The molecule has 1 aromatic carbocycles. The number of halogens is 2. The lowest BCUT2D eigenvalue weighted by atomic mass is 9.92. The maximum Gasteiger partial charge on any atom is 0.212 e. The van der Waals surface area contributed by atoms with E-state index < -0.39 is 33.5 Å². The molecule has 1 aliphatic rings. The van der Waals surface area contributed by atoms with Crippen LogP contribution >= 0.6 is 0 Å². The molecule has 1 N–H and O–H groups in total. The summed E-state index contributed by atoms with van der Waals surface area (Å²) in [5, 5.41) is 0. The Morgan fingerprint density at radius 1 is 1.32 bits per heavy atom. The topological polar surface area (TPSA) is 72.5 Å². The first kappa shape index (κ1) is 19.3. The van der Waals surface area contributed by atoms with Gasteiger partial charge in [-0.05, 0) is 38.0 Å². The van der Waals surface area contributed by atoms with Gasteiger partial charge in [-0.15, -0.1) is 0 Å². The summed E-state index contributed by atoms with van der Waals surface area (Å²) in [6.45, 7) is 4.59. The van der Waals surface area contributed by atoms with E-state index >= 15 is 0 Å². The van der Waals surface area contributed by atoms with Gasteiger partial charge in [0.2, 0.25) is 10.0 Å². The van der Waals surface area contributed by atoms with Gasteiger partial charge in [0, 0.05) is 11.6 Å². The molecule has 8 heteroatoms. The van der Waals surface area contributed by atoms with Gasteiger partial charge in [0.1, 0.15) is 17.6 Å². The largest absolute Gasteiger partial charge is 0.454 e. The van der Waals surface area contributed by atoms with Crippen LogP contribution in [-0.2, 0) is 14.8 Å². The zero-order valence-electron chi connectivity index (χ0n) is 14.0. The Bertz CT molecular complexity index is 859. The summed E-state index contributed by atoms with van der Waals surface area (Å²) in [4.78, 5) is 12.4. The standard InChI is InChI=1S/C17H18F2NO4S/c1-4-11-8-14(20-25(22,23)5-2)16(21)10(3)17(11)24-15-7-6-12(18)9-13(15)19/h4,6-9,14,20H,5H2,1-3H3. The van der Waals surface area contributed by atoms with Gasteiger partial charge in [0.15, 0.2) is 17.3 Å². The third kappa shape index (κ3) is 4.32. The van der Waals surface area contributed by atoms with Crippen molar-refractivity contribution in [3.05, 3.63) is 59.2 Å². The number of allylic oxidation sites excluding steroid dienone is 1. The van der Waals surface area contributed by atoms with Crippen molar-refractivity contribution in [3.8, 4) is 5.75 Å². The van der Waals surface area contributed by atoms with E-state index in [0.29, 0.717) is 11.6 Å². The highest BCUT2D eigenvalue weighted by Gasteiger charge is 2.31. The Kier molecular flexibility index (Phi) is 5.74. The molecule has 1 aliphatic carbocycles. The van der Waals surface area contributed by atoms with E-state index in [2.05, 4.69) is 4.72 Å². The van der Waals surface area contributed by atoms with Crippen LogP contribution in [0.25, 0.3) is 0 Å². The van der Waals surface area contributed by atoms with Crippen molar-refractivity contribution in [1.82, 2.24) is 4.72 Å². The van der Waals surface area contributed by atoms with E-state index in [4.69, 9.17) is 4.74 Å². The summed E-state index contributed by atoms with van der Waals surface area (Å²) < 4.78 is 58.1. The van der Waals surface area contributed by atoms with Crippen molar-refractivity contribution in [1.29, 1.82) is 0 Å². The van der Waals surface area contributed by atoms with Crippen LogP contribution in [0.5, 0.6) is 5.75 Å². The maximum absolute atomic E-state index is 13.8. The lowest BCUT2D eigenvalue weighted by Crippen LogP contribution is -2.42. The lowest BCUT2D eigenvalue weighted by Gasteiger charge is -2.24. The summed E-state index contributed by atoms with van der Waals surface area (Å²) in [5.41, 5.74) is 0.577. The summed E-state index contributed by atoms with van der Waals surface area (Å²) in [5.74, 6) is -2.45. The number of ether oxygens (including phenoxy) is 1. The fourth-order valence-corrected chi connectivity index (χ4v) is 3.02. The monoisotopic (exact) mass is 370 g/mol. The minimum Gasteiger partial charge on any atom is -0.454 e. The molecule has 0 spiro atoms. The average molecular weight is 370 g/mol. The van der Waals surface area contributed by atoms with Crippen molar-refractivity contribution in [3.63, 3.8) is 0 Å². The van der Waals surface area contributed by atoms with Crippen molar-refractivity contribution in [2.24, 2.45) is 0 Å². The molecule has 1 aromatic rings. The molecule has 0 aromatic heterocycles. The second-order valence-corrected chi connectivity index (χ2v) is 7.45. The van der Waals surface area contributed by atoms with Gasteiger partial charge in [0.05, 0.1) is 5.75 Å². The van der Waals surface area contributed by atoms with Gasteiger partial charge in [-0.2, -0.15) is 0 Å². The van der Waals surface area contributed by atoms with E-state index in [1.165, 1.54) is 19.9 Å². The Morgan fingerprint density at radius 3 is 2.56 bits per heavy atom. The van der Waals surface area contributed by atoms with Crippen molar-refractivity contribution >= 4 is 15.8 Å². The number of sulfonamides is 1. The first-order valence-corrected chi connectivity index (χ1v) is 9.23. The molecule has 0 heterocycles. The second-order valence-electron chi connectivity index (χ2n) is 5.40. The van der Waals surface area contributed by atoms with Crippen molar-refractivity contribution in [2.45, 2.75) is 26.8 Å². The smallest absolute Gasteiger partial charge is 0.212 e. The Hall–Kier alpha value is -2.06. The Labute approximate surface area is 145 Å². The number of benzene rings is 1. The van der Waals surface area contributed by atoms with E-state index in [1.54, 1.807) is 13.3 Å². The number of hydrogen-bond donors (Lipinski definition) is 1. The van der Waals surface area contributed by atoms with E-state index in [1.807, 2.05) is 0 Å². The van der Waals surface area contributed by atoms with E-state index in [0.717, 1.165) is 12.1 Å². The molecule has 0 bridgehead atoms. The zero-order chi connectivity index (χ0) is 18.8. The Morgan fingerprint density at radius 2 is 2.00 bits per heavy atom. The molecule has 135 valence electrons. The lowest BCUT2D eigenvalue weighted by molar-refractivity contribution is -0.116. The molecule has 0 saturated carbocycles. The number of rotatable bonds is 6. The minimum atomic E-state index is -3.59. The molecule has 0 amide bonds. The highest BCUT2D eigenvalue weighted by molar-refractivity contribution is 7.89. The summed E-state index contributed by atoms with van der Waals surface area (Å²) in [6, 6.07) is 1.78. The fraction of sp³-hybridized carbons (Fsp3) is 0.294. The summed E-state index contributed by atoms with van der Waals surface area (Å²) in [7, 11) is -3.59. The Balaban J connectivity index is 2.37. The maximum atomic E-state index is 13.8. The molecule has 25 heavy (non-hydrogen) atoms. The van der Waals surface area contributed by atoms with Crippen LogP contribution in [0.3, 0.4) is 0 Å². The zero-order valence-corrected chi connectivity index (χ0v) is 14.8. The highest BCUT2D eigenvalue weighted by atomic mass is 32.2. The van der Waals surface area contributed by atoms with Gasteiger partial charge >= 0.3 is 0 Å². The molecule has 0 saturated heterocycles. The van der Waals surface area contributed by atoms with Gasteiger partial charge < -0.3 is 4.74 Å². The summed E-state index contributed by atoms with van der Waals surface area (Å²) >= 11 is 0. The molecule has 0 fully saturated rings. The SMILES string of the molecule is C[CH]C1=CC(NS(=O)(=O)CC)C(=O)C(C)=C1Oc1ccc(F)cc1F. The first-order chi connectivity index (χ1) is 11.7. The third-order valence-electron chi connectivity index (χ3n) is 3.70. The number of carbonyl (C=O) groups is 1. The number of Topliss-reactive ketones (excluding diaryl/α,β-unsaturated/α-hetero) is 1. The van der Waals surface area contributed by atoms with E-state index in [-0.39, 0.29) is 22.8 Å². The molecular weight excluding hydrogens is 352 g/mol. The number of carbonyl (C=O) groups excluding carboxylic acids is 1. The molecule has 1 radical (unpaired) electrons. The predicted octanol–water partition coefficient (Wildman–Crippen LogP) is 2.66. The quantitative estimate of drug-likeness (QED) is 0.836. The third-order valence-corrected chi connectivity index (χ3v) is 5.08. The summed E-state index contributed by atoms with van der Waals surface area (Å²) in [6.07, 6.45) is 3.01. The number of hydrogen-bond acceptors (Lipinski definition) is 4. The van der Waals surface area contributed by atoms with Gasteiger partial charge in [-0.25, -0.2) is 21.9 Å². The van der Waals surface area contributed by atoms with Crippen LogP contribution in [0.15, 0.2) is 41.2 Å². The minimum absolute atomic E-state index is 0.102. The molecule has 1 unspecified atom stereocenters. The van der Waals surface area contributed by atoms with Crippen LogP contribution in [0, 0.1) is 18.1 Å². The molecule has 1 atom stereocenters. The second kappa shape index (κ2) is 7.45. The van der Waals surface area contributed by atoms with Crippen molar-refractivity contribution < 1.29 is 26.7 Å². The molecule has 5 nitrogen and oxygen atoms in total. The fourth-order valence-electron chi connectivity index (χ4n) is 2.29. The highest BCUT2D eigenvalue weighted by Crippen LogP contribution is 2.29. The first-order valence-electron chi connectivity index (χ1n) is 7.58. The molecular formula is C17H18F2NO4S. The van der Waals surface area contributed by atoms with Crippen LogP contribution in [0.4, 0.5) is 8.78 Å². The number of nitrogens with one attached hydrogen (secondary N) is 1. The molecule has 2 rings (SSSR count). The van der Waals surface area contributed by atoms with Crippen molar-refractivity contribution in [2.75, 3.05) is 5.75 Å². The van der Waals surface area contributed by atoms with Gasteiger partial charge in [-0.1, -0.05) is 13.0 Å².